The smallest absolute Gasteiger partial charge is 0.158 e. The molecule has 114 valence electrons. The summed E-state index contributed by atoms with van der Waals surface area (Å²) in [5.74, 6) is 1.67. The molecule has 2 rings (SSSR count). The van der Waals surface area contributed by atoms with Gasteiger partial charge < -0.3 is 15.4 Å². The Labute approximate surface area is 128 Å². The van der Waals surface area contributed by atoms with Gasteiger partial charge in [-0.25, -0.2) is 9.97 Å². The lowest BCUT2D eigenvalue weighted by Gasteiger charge is -2.10. The Morgan fingerprint density at radius 2 is 2.09 bits per heavy atom. The number of hydrogen-bond acceptors (Lipinski definition) is 8. The van der Waals surface area contributed by atoms with E-state index in [4.69, 9.17) is 10.00 Å². The molecule has 0 aliphatic heterocycles. The summed E-state index contributed by atoms with van der Waals surface area (Å²) in [6, 6.07) is 3.68. The third kappa shape index (κ3) is 4.36. The normalized spacial score (nSPS) is 10.0. The van der Waals surface area contributed by atoms with E-state index in [-0.39, 0.29) is 5.69 Å². The molecule has 0 spiro atoms. The number of rotatable bonds is 7. The second kappa shape index (κ2) is 7.85. The number of hydrogen-bond donors (Lipinski definition) is 2. The topological polar surface area (TPSA) is 109 Å². The zero-order valence-electron chi connectivity index (χ0n) is 12.5. The van der Waals surface area contributed by atoms with E-state index < -0.39 is 0 Å². The lowest BCUT2D eigenvalue weighted by molar-refractivity contribution is 0.306. The minimum Gasteiger partial charge on any atom is -0.491 e. The summed E-state index contributed by atoms with van der Waals surface area (Å²) in [7, 11) is 1.90. The van der Waals surface area contributed by atoms with Crippen LogP contribution in [0.2, 0.25) is 0 Å². The molecule has 0 aromatic carbocycles. The van der Waals surface area contributed by atoms with Crippen LogP contribution in [0.1, 0.15) is 17.8 Å². The fourth-order valence-electron chi connectivity index (χ4n) is 1.66. The Morgan fingerprint density at radius 3 is 2.77 bits per heavy atom. The van der Waals surface area contributed by atoms with Crippen molar-refractivity contribution in [3.05, 3.63) is 29.8 Å². The molecule has 0 unspecified atom stereocenters. The van der Waals surface area contributed by atoms with E-state index in [1.54, 1.807) is 6.07 Å². The van der Waals surface area contributed by atoms with Crippen molar-refractivity contribution in [3.63, 3.8) is 0 Å². The second-order valence-electron chi connectivity index (χ2n) is 4.51. The third-order valence-corrected chi connectivity index (χ3v) is 2.78. The maximum Gasteiger partial charge on any atom is 0.158 e. The van der Waals surface area contributed by atoms with Gasteiger partial charge in [0.1, 0.15) is 23.3 Å². The van der Waals surface area contributed by atoms with Crippen LogP contribution in [0.15, 0.2) is 18.5 Å². The first-order valence-electron chi connectivity index (χ1n) is 6.84. The van der Waals surface area contributed by atoms with E-state index in [2.05, 4.69) is 30.8 Å². The van der Waals surface area contributed by atoms with Gasteiger partial charge in [0.25, 0.3) is 0 Å². The molecule has 0 saturated carbocycles. The lowest BCUT2D eigenvalue weighted by atomic mass is 10.3. The molecule has 8 nitrogen and oxygen atoms in total. The molecule has 0 aliphatic rings. The number of nitriles is 1. The number of nitrogens with one attached hydrogen (secondary N) is 2. The summed E-state index contributed by atoms with van der Waals surface area (Å²) in [5.41, 5.74) is 0.981. The minimum atomic E-state index is 0.258. The van der Waals surface area contributed by atoms with Gasteiger partial charge in [-0.15, -0.1) is 10.2 Å². The Balaban J connectivity index is 2.03. The van der Waals surface area contributed by atoms with Crippen molar-refractivity contribution in [2.75, 3.05) is 25.5 Å². The van der Waals surface area contributed by atoms with Gasteiger partial charge in [-0.2, -0.15) is 5.26 Å². The first kappa shape index (κ1) is 15.6. The SMILES string of the molecule is CNCCCOc1cc(Nc2cnc(C#N)cn2)nnc1C. The third-order valence-electron chi connectivity index (χ3n) is 2.78. The summed E-state index contributed by atoms with van der Waals surface area (Å²) in [6.07, 6.45) is 3.76. The van der Waals surface area contributed by atoms with Crippen LogP contribution in [0.25, 0.3) is 0 Å². The maximum absolute atomic E-state index is 8.69. The molecule has 0 saturated heterocycles. The van der Waals surface area contributed by atoms with Crippen molar-refractivity contribution < 1.29 is 4.74 Å². The molecule has 2 aromatic heterocycles. The van der Waals surface area contributed by atoms with Gasteiger partial charge in [0.15, 0.2) is 11.5 Å². The van der Waals surface area contributed by atoms with Gasteiger partial charge in [0, 0.05) is 6.07 Å². The van der Waals surface area contributed by atoms with Crippen LogP contribution < -0.4 is 15.4 Å². The zero-order valence-corrected chi connectivity index (χ0v) is 12.5. The second-order valence-corrected chi connectivity index (χ2v) is 4.51. The molecule has 0 fully saturated rings. The van der Waals surface area contributed by atoms with Crippen LogP contribution in [-0.4, -0.2) is 40.4 Å². The largest absolute Gasteiger partial charge is 0.491 e. The monoisotopic (exact) mass is 299 g/mol. The average Bonchev–Trinajstić information content (AvgIpc) is 2.55. The van der Waals surface area contributed by atoms with E-state index in [1.807, 2.05) is 20.0 Å². The number of ether oxygens (including phenoxy) is 1. The van der Waals surface area contributed by atoms with Crippen molar-refractivity contribution in [2.45, 2.75) is 13.3 Å². The van der Waals surface area contributed by atoms with E-state index in [1.165, 1.54) is 12.4 Å². The van der Waals surface area contributed by atoms with Crippen molar-refractivity contribution in [2.24, 2.45) is 0 Å². The Kier molecular flexibility index (Phi) is 5.57. The lowest BCUT2D eigenvalue weighted by Crippen LogP contribution is -2.12. The highest BCUT2D eigenvalue weighted by molar-refractivity contribution is 5.52. The van der Waals surface area contributed by atoms with Gasteiger partial charge in [0.05, 0.1) is 19.0 Å². The highest BCUT2D eigenvalue weighted by atomic mass is 16.5. The van der Waals surface area contributed by atoms with E-state index in [9.17, 15) is 0 Å². The number of anilines is 2. The van der Waals surface area contributed by atoms with Crippen LogP contribution in [0.4, 0.5) is 11.6 Å². The zero-order chi connectivity index (χ0) is 15.8. The minimum absolute atomic E-state index is 0.258. The van der Waals surface area contributed by atoms with E-state index in [0.717, 1.165) is 18.7 Å². The molecular formula is C14H17N7O. The summed E-state index contributed by atoms with van der Waals surface area (Å²) in [6.45, 7) is 3.33. The summed E-state index contributed by atoms with van der Waals surface area (Å²) < 4.78 is 5.69. The molecule has 0 aliphatic carbocycles. The fraction of sp³-hybridized carbons (Fsp3) is 0.357. The van der Waals surface area contributed by atoms with Crippen molar-refractivity contribution >= 4 is 11.6 Å². The van der Waals surface area contributed by atoms with Gasteiger partial charge in [-0.1, -0.05) is 0 Å². The Hall–Kier alpha value is -2.79. The summed E-state index contributed by atoms with van der Waals surface area (Å²) in [5, 5.41) is 22.8. The summed E-state index contributed by atoms with van der Waals surface area (Å²) in [4.78, 5) is 8.00. The fourth-order valence-corrected chi connectivity index (χ4v) is 1.66. The molecule has 0 amide bonds. The van der Waals surface area contributed by atoms with Crippen molar-refractivity contribution in [1.29, 1.82) is 5.26 Å². The van der Waals surface area contributed by atoms with Crippen molar-refractivity contribution in [1.82, 2.24) is 25.5 Å². The van der Waals surface area contributed by atoms with Crippen molar-refractivity contribution in [3.8, 4) is 11.8 Å². The predicted molar refractivity (Wildman–Crippen MR) is 80.8 cm³/mol. The van der Waals surface area contributed by atoms with Crippen LogP contribution in [0.3, 0.4) is 0 Å². The molecule has 0 radical (unpaired) electrons. The molecule has 0 atom stereocenters. The number of aromatic nitrogens is 4. The molecule has 0 bridgehead atoms. The standard InChI is InChI=1S/C14H17N7O/c1-10-12(22-5-3-4-16-2)6-13(21-20-10)19-14-9-17-11(7-15)8-18-14/h6,8-9,16H,3-5H2,1-2H3,(H,18,19,21). The molecule has 2 heterocycles. The van der Waals surface area contributed by atoms with E-state index in [0.29, 0.717) is 24.0 Å². The Bertz CT molecular complexity index is 651. The highest BCUT2D eigenvalue weighted by Crippen LogP contribution is 2.20. The van der Waals surface area contributed by atoms with Gasteiger partial charge in [-0.05, 0) is 26.9 Å². The average molecular weight is 299 g/mol. The highest BCUT2D eigenvalue weighted by Gasteiger charge is 2.06. The van der Waals surface area contributed by atoms with Crippen LogP contribution >= 0.6 is 0 Å². The van der Waals surface area contributed by atoms with Gasteiger partial charge in [-0.3, -0.25) is 0 Å². The number of nitrogens with zero attached hydrogens (tertiary/aromatic N) is 5. The quantitative estimate of drug-likeness (QED) is 0.734. The molecule has 2 N–H and O–H groups in total. The Morgan fingerprint density at radius 1 is 1.23 bits per heavy atom. The van der Waals surface area contributed by atoms with Gasteiger partial charge >= 0.3 is 0 Å². The first-order valence-corrected chi connectivity index (χ1v) is 6.84. The van der Waals surface area contributed by atoms with Crippen LogP contribution in [-0.2, 0) is 0 Å². The first-order chi connectivity index (χ1) is 10.7. The molecule has 22 heavy (non-hydrogen) atoms. The molecule has 2 aromatic rings. The molecular weight excluding hydrogens is 282 g/mol. The summed E-state index contributed by atoms with van der Waals surface area (Å²) >= 11 is 0. The maximum atomic E-state index is 8.69. The van der Waals surface area contributed by atoms with Crippen LogP contribution in [0, 0.1) is 18.3 Å². The van der Waals surface area contributed by atoms with E-state index >= 15 is 0 Å². The van der Waals surface area contributed by atoms with Crippen LogP contribution in [0.5, 0.6) is 5.75 Å². The van der Waals surface area contributed by atoms with Gasteiger partial charge in [0.2, 0.25) is 0 Å². The number of aryl methyl sites for hydroxylation is 1. The molecule has 8 heteroatoms. The predicted octanol–water partition coefficient (Wildman–Crippen LogP) is 1.18.